The van der Waals surface area contributed by atoms with Crippen LogP contribution in [0.1, 0.15) is 12.5 Å². The average Bonchev–Trinajstić information content (AvgIpc) is 2.53. The second-order valence-electron chi connectivity index (χ2n) is 5.44. The van der Waals surface area contributed by atoms with Crippen molar-refractivity contribution in [2.45, 2.75) is 24.9 Å². The molecule has 0 N–H and O–H groups in total. The number of rotatable bonds is 1. The molecule has 0 fully saturated rings. The van der Waals surface area contributed by atoms with Crippen LogP contribution in [-0.2, 0) is 0 Å². The molecule has 9 heteroatoms. The first-order chi connectivity index (χ1) is 11.6. The van der Waals surface area contributed by atoms with Crippen molar-refractivity contribution >= 4 is 11.7 Å². The molecule has 0 saturated heterocycles. The van der Waals surface area contributed by atoms with E-state index in [0.29, 0.717) is 5.70 Å². The van der Waals surface area contributed by atoms with E-state index in [2.05, 4.69) is 9.98 Å². The van der Waals surface area contributed by atoms with Crippen LogP contribution in [0.4, 0.5) is 26.3 Å². The molecule has 1 aromatic carbocycles. The van der Waals surface area contributed by atoms with E-state index in [0.717, 1.165) is 6.08 Å². The minimum atomic E-state index is -5.74. The highest BCUT2D eigenvalue weighted by Gasteiger charge is 2.73. The highest BCUT2D eigenvalue weighted by molar-refractivity contribution is 6.16. The van der Waals surface area contributed by atoms with Crippen LogP contribution in [0.3, 0.4) is 0 Å². The molecule has 0 radical (unpaired) electrons. The predicted molar refractivity (Wildman–Crippen MR) is 80.0 cm³/mol. The Balaban J connectivity index is 2.32. The van der Waals surface area contributed by atoms with Gasteiger partial charge in [-0.15, -0.1) is 0 Å². The Hall–Kier alpha value is -2.58. The van der Waals surface area contributed by atoms with Gasteiger partial charge in [0.25, 0.3) is 0 Å². The summed E-state index contributed by atoms with van der Waals surface area (Å²) in [6.45, 7) is 1.55. The van der Waals surface area contributed by atoms with Crippen molar-refractivity contribution in [1.29, 1.82) is 0 Å². The van der Waals surface area contributed by atoms with E-state index >= 15 is 0 Å². The van der Waals surface area contributed by atoms with Crippen molar-refractivity contribution in [2.75, 3.05) is 0 Å². The minimum Gasteiger partial charge on any atom is -0.283 e. The van der Waals surface area contributed by atoms with E-state index in [4.69, 9.17) is 0 Å². The van der Waals surface area contributed by atoms with E-state index < -0.39 is 29.7 Å². The maximum absolute atomic E-state index is 13.4. The molecular formula is C16H11F6N3. The number of halogens is 6. The highest BCUT2D eigenvalue weighted by atomic mass is 19.4. The van der Waals surface area contributed by atoms with E-state index in [1.165, 1.54) is 35.2 Å². The van der Waals surface area contributed by atoms with Crippen LogP contribution in [-0.4, -0.2) is 34.6 Å². The molecule has 0 saturated carbocycles. The van der Waals surface area contributed by atoms with E-state index in [1.54, 1.807) is 19.1 Å². The van der Waals surface area contributed by atoms with E-state index in [1.807, 2.05) is 0 Å². The van der Waals surface area contributed by atoms with Gasteiger partial charge in [0, 0.05) is 11.3 Å². The lowest BCUT2D eigenvalue weighted by molar-refractivity contribution is -0.292. The molecule has 0 aromatic heterocycles. The fraction of sp³-hybridized carbons (Fsp3) is 0.250. The summed E-state index contributed by atoms with van der Waals surface area (Å²) in [7, 11) is 0. The minimum absolute atomic E-state index is 0.121. The zero-order chi connectivity index (χ0) is 18.5. The SMILES string of the molecule is CC1=CC=CC2=NC(C(F)(F)F)(C(F)(F)F)N=C(c3ccccc3)N12. The average molecular weight is 359 g/mol. The Morgan fingerprint density at radius 3 is 2.08 bits per heavy atom. The molecule has 0 aliphatic carbocycles. The van der Waals surface area contributed by atoms with Gasteiger partial charge in [-0.1, -0.05) is 36.4 Å². The first-order valence-electron chi connectivity index (χ1n) is 7.10. The second kappa shape index (κ2) is 5.47. The quantitative estimate of drug-likeness (QED) is 0.681. The molecule has 0 unspecified atom stereocenters. The molecular weight excluding hydrogens is 348 g/mol. The molecule has 132 valence electrons. The second-order valence-corrected chi connectivity index (χ2v) is 5.44. The number of aliphatic imine (C=N–C) groups is 2. The molecule has 2 heterocycles. The monoisotopic (exact) mass is 359 g/mol. The van der Waals surface area contributed by atoms with Gasteiger partial charge in [-0.2, -0.15) is 26.3 Å². The third kappa shape index (κ3) is 2.63. The van der Waals surface area contributed by atoms with E-state index in [9.17, 15) is 26.3 Å². The fourth-order valence-electron chi connectivity index (χ4n) is 2.56. The maximum atomic E-state index is 13.4. The van der Waals surface area contributed by atoms with Gasteiger partial charge in [-0.3, -0.25) is 4.90 Å². The number of hydrogen-bond donors (Lipinski definition) is 0. The number of alkyl halides is 6. The van der Waals surface area contributed by atoms with Crippen LogP contribution in [0.5, 0.6) is 0 Å². The largest absolute Gasteiger partial charge is 0.443 e. The van der Waals surface area contributed by atoms with Crippen LogP contribution in [0.25, 0.3) is 0 Å². The molecule has 3 rings (SSSR count). The third-order valence-corrected chi connectivity index (χ3v) is 3.74. The lowest BCUT2D eigenvalue weighted by Gasteiger charge is -2.39. The molecule has 25 heavy (non-hydrogen) atoms. The molecule has 3 nitrogen and oxygen atoms in total. The van der Waals surface area contributed by atoms with Crippen molar-refractivity contribution in [3.63, 3.8) is 0 Å². The topological polar surface area (TPSA) is 28.0 Å². The Morgan fingerprint density at radius 1 is 0.920 bits per heavy atom. The van der Waals surface area contributed by atoms with Crippen LogP contribution in [0.15, 0.2) is 64.2 Å². The summed E-state index contributed by atoms with van der Waals surface area (Å²) in [6.07, 6.45) is -7.50. The number of amidine groups is 2. The van der Waals surface area contributed by atoms with Crippen LogP contribution in [0.2, 0.25) is 0 Å². The molecule has 0 bridgehead atoms. The zero-order valence-corrected chi connectivity index (χ0v) is 12.7. The lowest BCUT2D eigenvalue weighted by Crippen LogP contribution is -2.59. The standard InChI is InChI=1S/C16H11F6N3/c1-10-6-5-9-12-23-14(15(17,18)19,16(20,21)22)24-13(25(10)12)11-7-3-2-4-8-11/h2-9H,1H3. The first kappa shape index (κ1) is 17.2. The molecule has 0 amide bonds. The number of allylic oxidation sites excluding steroid dienone is 3. The highest BCUT2D eigenvalue weighted by Crippen LogP contribution is 2.49. The third-order valence-electron chi connectivity index (χ3n) is 3.74. The van der Waals surface area contributed by atoms with Gasteiger partial charge in [-0.25, -0.2) is 9.98 Å². The Bertz CT molecular complexity index is 785. The van der Waals surface area contributed by atoms with Gasteiger partial charge in [0.2, 0.25) is 0 Å². The molecule has 2 aliphatic rings. The van der Waals surface area contributed by atoms with Crippen molar-refractivity contribution in [2.24, 2.45) is 9.98 Å². The number of fused-ring (bicyclic) bond motifs is 1. The summed E-state index contributed by atoms with van der Waals surface area (Å²) in [6, 6.07) is 7.40. The van der Waals surface area contributed by atoms with Gasteiger partial charge in [-0.05, 0) is 19.1 Å². The molecule has 2 aliphatic heterocycles. The summed E-state index contributed by atoms with van der Waals surface area (Å²) < 4.78 is 80.7. The van der Waals surface area contributed by atoms with Crippen molar-refractivity contribution in [3.8, 4) is 0 Å². The number of nitrogens with zero attached hydrogens (tertiary/aromatic N) is 3. The van der Waals surface area contributed by atoms with Gasteiger partial charge in [0.05, 0.1) is 0 Å². The van der Waals surface area contributed by atoms with Gasteiger partial charge in [0.15, 0.2) is 0 Å². The zero-order valence-electron chi connectivity index (χ0n) is 12.7. The predicted octanol–water partition coefficient (Wildman–Crippen LogP) is 4.44. The van der Waals surface area contributed by atoms with Crippen molar-refractivity contribution in [3.05, 3.63) is 59.8 Å². The summed E-state index contributed by atoms with van der Waals surface area (Å²) >= 11 is 0. The molecule has 0 spiro atoms. The smallest absolute Gasteiger partial charge is 0.283 e. The Morgan fingerprint density at radius 2 is 1.52 bits per heavy atom. The van der Waals surface area contributed by atoms with Gasteiger partial charge >= 0.3 is 18.0 Å². The summed E-state index contributed by atoms with van der Waals surface area (Å²) in [5.74, 6) is -0.929. The number of benzene rings is 1. The summed E-state index contributed by atoms with van der Waals surface area (Å²) in [5, 5.41) is 0. The van der Waals surface area contributed by atoms with Crippen molar-refractivity contribution in [1.82, 2.24) is 4.90 Å². The Labute approximate surface area is 138 Å². The van der Waals surface area contributed by atoms with Gasteiger partial charge in [0.1, 0.15) is 11.7 Å². The van der Waals surface area contributed by atoms with Crippen LogP contribution in [0, 0.1) is 0 Å². The Kier molecular flexibility index (Phi) is 3.77. The first-order valence-corrected chi connectivity index (χ1v) is 7.10. The van der Waals surface area contributed by atoms with Crippen LogP contribution < -0.4 is 0 Å². The maximum Gasteiger partial charge on any atom is 0.443 e. The van der Waals surface area contributed by atoms with Crippen molar-refractivity contribution < 1.29 is 26.3 Å². The summed E-state index contributed by atoms with van der Waals surface area (Å²) in [4.78, 5) is 7.24. The summed E-state index contributed by atoms with van der Waals surface area (Å²) in [5.41, 5.74) is -4.02. The van der Waals surface area contributed by atoms with Gasteiger partial charge < -0.3 is 0 Å². The normalized spacial score (nSPS) is 19.8. The molecule has 0 atom stereocenters. The lowest BCUT2D eigenvalue weighted by atomic mass is 10.1. The number of hydrogen-bond acceptors (Lipinski definition) is 3. The van der Waals surface area contributed by atoms with E-state index in [-0.39, 0.29) is 5.56 Å². The fourth-order valence-corrected chi connectivity index (χ4v) is 2.56. The molecule has 1 aromatic rings. The van der Waals surface area contributed by atoms with Crippen LogP contribution >= 0.6 is 0 Å².